The van der Waals surface area contributed by atoms with Crippen molar-refractivity contribution in [2.75, 3.05) is 26.3 Å². The third kappa shape index (κ3) is 3.79. The summed E-state index contributed by atoms with van der Waals surface area (Å²) in [6.07, 6.45) is 11.1. The van der Waals surface area contributed by atoms with Crippen LogP contribution in [0.5, 0.6) is 0 Å². The third-order valence-corrected chi connectivity index (χ3v) is 6.60. The van der Waals surface area contributed by atoms with Gasteiger partial charge in [0.05, 0.1) is 12.2 Å². The average molecular weight is 358 g/mol. The van der Waals surface area contributed by atoms with Crippen LogP contribution in [0.1, 0.15) is 50.5 Å². The van der Waals surface area contributed by atoms with E-state index in [0.717, 1.165) is 64.8 Å². The summed E-state index contributed by atoms with van der Waals surface area (Å²) in [7, 11) is 0. The second kappa shape index (κ2) is 8.05. The number of pyridine rings is 1. The van der Waals surface area contributed by atoms with Crippen LogP contribution >= 0.6 is 0 Å². The van der Waals surface area contributed by atoms with Crippen LogP contribution in [0, 0.1) is 11.8 Å². The second-order valence-electron chi connectivity index (χ2n) is 8.05. The minimum Gasteiger partial charge on any atom is -0.377 e. The molecule has 1 aromatic heterocycles. The highest BCUT2D eigenvalue weighted by atomic mass is 16.5. The van der Waals surface area contributed by atoms with Crippen molar-refractivity contribution >= 4 is 5.91 Å². The van der Waals surface area contributed by atoms with Crippen LogP contribution in [-0.2, 0) is 20.9 Å². The molecule has 2 aliphatic heterocycles. The molecule has 1 aliphatic carbocycles. The summed E-state index contributed by atoms with van der Waals surface area (Å²) < 4.78 is 12.1. The number of likely N-dealkylation sites (tertiary alicyclic amines) is 1. The Hall–Kier alpha value is -1.46. The lowest BCUT2D eigenvalue weighted by Gasteiger charge is -2.43. The van der Waals surface area contributed by atoms with Gasteiger partial charge in [0, 0.05) is 44.6 Å². The van der Waals surface area contributed by atoms with E-state index in [1.807, 2.05) is 12.1 Å². The van der Waals surface area contributed by atoms with Gasteiger partial charge in [-0.3, -0.25) is 9.78 Å². The van der Waals surface area contributed by atoms with Crippen molar-refractivity contribution < 1.29 is 14.3 Å². The molecular weight excluding hydrogens is 328 g/mol. The summed E-state index contributed by atoms with van der Waals surface area (Å²) in [5.41, 5.74) is 1.15. The molecule has 1 saturated carbocycles. The molecule has 5 nitrogen and oxygen atoms in total. The summed E-state index contributed by atoms with van der Waals surface area (Å²) in [5, 5.41) is 0. The average Bonchev–Trinajstić information content (AvgIpc) is 3.01. The fourth-order valence-corrected chi connectivity index (χ4v) is 4.66. The van der Waals surface area contributed by atoms with E-state index >= 15 is 0 Å². The van der Waals surface area contributed by atoms with Crippen molar-refractivity contribution in [3.63, 3.8) is 0 Å². The normalized spacial score (nSPS) is 25.4. The maximum atomic E-state index is 12.5. The van der Waals surface area contributed by atoms with Gasteiger partial charge in [0.2, 0.25) is 5.91 Å². The lowest BCUT2D eigenvalue weighted by molar-refractivity contribution is -0.144. The van der Waals surface area contributed by atoms with E-state index in [-0.39, 0.29) is 5.60 Å². The van der Waals surface area contributed by atoms with E-state index in [1.54, 1.807) is 12.4 Å². The predicted molar refractivity (Wildman–Crippen MR) is 98.5 cm³/mol. The molecule has 1 aromatic rings. The van der Waals surface area contributed by atoms with Crippen molar-refractivity contribution in [1.29, 1.82) is 0 Å². The Kier molecular flexibility index (Phi) is 5.55. The number of hydrogen-bond acceptors (Lipinski definition) is 4. The molecule has 4 rings (SSSR count). The van der Waals surface area contributed by atoms with Crippen LogP contribution in [0.4, 0.5) is 0 Å². The Morgan fingerprint density at radius 2 is 2.00 bits per heavy atom. The Morgan fingerprint density at radius 3 is 2.69 bits per heavy atom. The Bertz CT molecular complexity index is 595. The lowest BCUT2D eigenvalue weighted by Crippen LogP contribution is -2.51. The summed E-state index contributed by atoms with van der Waals surface area (Å²) in [4.78, 5) is 18.6. The zero-order valence-electron chi connectivity index (χ0n) is 15.6. The maximum absolute atomic E-state index is 12.5. The minimum atomic E-state index is -0.0174. The molecule has 2 saturated heterocycles. The predicted octanol–water partition coefficient (Wildman–Crippen LogP) is 3.19. The smallest absolute Gasteiger partial charge is 0.225 e. The number of hydrogen-bond donors (Lipinski definition) is 0. The van der Waals surface area contributed by atoms with Crippen LogP contribution in [0.15, 0.2) is 24.5 Å². The third-order valence-electron chi connectivity index (χ3n) is 6.60. The molecule has 3 heterocycles. The van der Waals surface area contributed by atoms with E-state index in [4.69, 9.17) is 9.47 Å². The van der Waals surface area contributed by atoms with Crippen molar-refractivity contribution in [2.45, 2.75) is 57.2 Å². The van der Waals surface area contributed by atoms with Crippen LogP contribution in [0.25, 0.3) is 0 Å². The largest absolute Gasteiger partial charge is 0.377 e. The number of carbonyl (C=O) groups is 1. The summed E-state index contributed by atoms with van der Waals surface area (Å²) in [6.45, 7) is 3.99. The molecule has 5 heteroatoms. The Morgan fingerprint density at radius 1 is 1.23 bits per heavy atom. The molecule has 1 atom stereocenters. The van der Waals surface area contributed by atoms with Crippen molar-refractivity contribution in [3.8, 4) is 0 Å². The van der Waals surface area contributed by atoms with Gasteiger partial charge in [-0.1, -0.05) is 6.42 Å². The number of nitrogens with zero attached hydrogens (tertiary/aromatic N) is 2. The maximum Gasteiger partial charge on any atom is 0.225 e. The van der Waals surface area contributed by atoms with Crippen LogP contribution in [-0.4, -0.2) is 47.7 Å². The molecule has 1 amide bonds. The number of piperidine rings is 1. The van der Waals surface area contributed by atoms with Gasteiger partial charge in [0.15, 0.2) is 0 Å². The second-order valence-corrected chi connectivity index (χ2v) is 8.05. The van der Waals surface area contributed by atoms with Crippen molar-refractivity contribution in [3.05, 3.63) is 30.1 Å². The highest BCUT2D eigenvalue weighted by Crippen LogP contribution is 2.43. The minimum absolute atomic E-state index is 0.0174. The van der Waals surface area contributed by atoms with Crippen molar-refractivity contribution in [1.82, 2.24) is 9.88 Å². The highest BCUT2D eigenvalue weighted by molar-refractivity contribution is 5.79. The number of ether oxygens (including phenoxy) is 2. The molecular formula is C21H30N2O3. The number of rotatable bonds is 6. The van der Waals surface area contributed by atoms with E-state index in [0.29, 0.717) is 24.3 Å². The van der Waals surface area contributed by atoms with Gasteiger partial charge in [0.25, 0.3) is 0 Å². The fourth-order valence-electron chi connectivity index (χ4n) is 4.66. The van der Waals surface area contributed by atoms with Crippen LogP contribution in [0.2, 0.25) is 0 Å². The van der Waals surface area contributed by atoms with Gasteiger partial charge in [-0.15, -0.1) is 0 Å². The standard InChI is InChI=1S/C21H30N2O3/c24-20(18-2-1-3-18)23-12-8-21(9-13-23)19(7-15-26-21)6-14-25-16-17-4-10-22-11-5-17/h4-5,10-11,18-19H,1-3,6-9,12-16H2. The van der Waals surface area contributed by atoms with Gasteiger partial charge in [-0.05, 0) is 62.1 Å². The lowest BCUT2D eigenvalue weighted by atomic mass is 9.77. The molecule has 1 unspecified atom stereocenters. The van der Waals surface area contributed by atoms with Crippen LogP contribution in [0.3, 0.4) is 0 Å². The molecule has 1 spiro atoms. The quantitative estimate of drug-likeness (QED) is 0.733. The Balaban J connectivity index is 1.23. The number of aromatic nitrogens is 1. The fraction of sp³-hybridized carbons (Fsp3) is 0.714. The molecule has 0 radical (unpaired) electrons. The first-order chi connectivity index (χ1) is 12.8. The molecule has 3 aliphatic rings. The first kappa shape index (κ1) is 17.9. The van der Waals surface area contributed by atoms with E-state index in [2.05, 4.69) is 9.88 Å². The molecule has 0 bridgehead atoms. The summed E-state index contributed by atoms with van der Waals surface area (Å²) >= 11 is 0. The number of carbonyl (C=O) groups excluding carboxylic acids is 1. The highest BCUT2D eigenvalue weighted by Gasteiger charge is 2.47. The summed E-state index contributed by atoms with van der Waals surface area (Å²) in [5.74, 6) is 1.26. The van der Waals surface area contributed by atoms with Gasteiger partial charge in [-0.25, -0.2) is 0 Å². The van der Waals surface area contributed by atoms with Gasteiger partial charge < -0.3 is 14.4 Å². The monoisotopic (exact) mass is 358 g/mol. The van der Waals surface area contributed by atoms with Gasteiger partial charge in [-0.2, -0.15) is 0 Å². The zero-order chi connectivity index (χ0) is 17.8. The van der Waals surface area contributed by atoms with Gasteiger partial charge in [0.1, 0.15) is 0 Å². The molecule has 3 fully saturated rings. The topological polar surface area (TPSA) is 51.7 Å². The zero-order valence-corrected chi connectivity index (χ0v) is 15.6. The molecule has 0 N–H and O–H groups in total. The first-order valence-corrected chi connectivity index (χ1v) is 10.2. The summed E-state index contributed by atoms with van der Waals surface area (Å²) in [6, 6.07) is 3.99. The molecule has 26 heavy (non-hydrogen) atoms. The van der Waals surface area contributed by atoms with E-state index in [1.165, 1.54) is 12.0 Å². The molecule has 142 valence electrons. The number of amides is 1. The molecule has 0 aromatic carbocycles. The Labute approximate surface area is 156 Å². The SMILES string of the molecule is O=C(C1CCC1)N1CCC2(CC1)OCCC2CCOCc1ccncc1. The van der Waals surface area contributed by atoms with Crippen molar-refractivity contribution in [2.24, 2.45) is 11.8 Å². The first-order valence-electron chi connectivity index (χ1n) is 10.2. The van der Waals surface area contributed by atoms with E-state index in [9.17, 15) is 4.79 Å². The van der Waals surface area contributed by atoms with Gasteiger partial charge >= 0.3 is 0 Å². The van der Waals surface area contributed by atoms with Crippen LogP contribution < -0.4 is 0 Å². The van der Waals surface area contributed by atoms with E-state index < -0.39 is 0 Å².